The average Bonchev–Trinajstić information content (AvgIpc) is 2.91. The summed E-state index contributed by atoms with van der Waals surface area (Å²) in [7, 11) is 0. The van der Waals surface area contributed by atoms with Gasteiger partial charge in [-0.25, -0.2) is 4.79 Å². The van der Waals surface area contributed by atoms with E-state index in [9.17, 15) is 4.79 Å². The van der Waals surface area contributed by atoms with Crippen LogP contribution in [0.3, 0.4) is 0 Å². The zero-order chi connectivity index (χ0) is 12.4. The summed E-state index contributed by atoms with van der Waals surface area (Å²) in [5, 5.41) is 3.22. The molecule has 18 heavy (non-hydrogen) atoms. The Morgan fingerprint density at radius 3 is 3.00 bits per heavy atom. The Bertz CT molecular complexity index is 452. The predicted molar refractivity (Wildman–Crippen MR) is 68.1 cm³/mol. The SMILES string of the molecule is O=C(OC1CCCC1)c1cccc2c1OCCN2. The number of para-hydroxylation sites is 1. The van der Waals surface area contributed by atoms with E-state index in [2.05, 4.69) is 5.32 Å². The number of carbonyl (C=O) groups is 1. The predicted octanol–water partition coefficient (Wildman–Crippen LogP) is 2.59. The van der Waals surface area contributed by atoms with Crippen LogP contribution < -0.4 is 10.1 Å². The molecule has 0 aromatic heterocycles. The molecule has 0 unspecified atom stereocenters. The molecule has 1 aliphatic heterocycles. The first-order valence-corrected chi connectivity index (χ1v) is 6.55. The molecule has 0 atom stereocenters. The second kappa shape index (κ2) is 4.88. The van der Waals surface area contributed by atoms with Gasteiger partial charge in [0.25, 0.3) is 0 Å². The van der Waals surface area contributed by atoms with Crippen molar-refractivity contribution in [2.75, 3.05) is 18.5 Å². The largest absolute Gasteiger partial charge is 0.489 e. The Morgan fingerprint density at radius 1 is 1.33 bits per heavy atom. The Balaban J connectivity index is 1.80. The number of esters is 1. The second-order valence-corrected chi connectivity index (χ2v) is 4.77. The van der Waals surface area contributed by atoms with Gasteiger partial charge in [0.05, 0.1) is 5.69 Å². The summed E-state index contributed by atoms with van der Waals surface area (Å²) in [6.45, 7) is 1.36. The Labute approximate surface area is 106 Å². The summed E-state index contributed by atoms with van der Waals surface area (Å²) in [5.74, 6) is 0.370. The minimum Gasteiger partial charge on any atom is -0.489 e. The fraction of sp³-hybridized carbons (Fsp3) is 0.500. The minimum atomic E-state index is -0.262. The van der Waals surface area contributed by atoms with Gasteiger partial charge in [-0.3, -0.25) is 0 Å². The highest BCUT2D eigenvalue weighted by Gasteiger charge is 2.24. The molecule has 96 valence electrons. The van der Waals surface area contributed by atoms with Crippen LogP contribution in [-0.2, 0) is 4.74 Å². The zero-order valence-corrected chi connectivity index (χ0v) is 10.3. The van der Waals surface area contributed by atoms with E-state index in [-0.39, 0.29) is 12.1 Å². The fourth-order valence-corrected chi connectivity index (χ4v) is 2.55. The van der Waals surface area contributed by atoms with Crippen molar-refractivity contribution in [1.82, 2.24) is 0 Å². The van der Waals surface area contributed by atoms with E-state index < -0.39 is 0 Å². The average molecular weight is 247 g/mol. The summed E-state index contributed by atoms with van der Waals surface area (Å²) in [6, 6.07) is 5.54. The maximum Gasteiger partial charge on any atom is 0.342 e. The van der Waals surface area contributed by atoms with Crippen LogP contribution in [-0.4, -0.2) is 25.2 Å². The number of anilines is 1. The maximum absolute atomic E-state index is 12.1. The van der Waals surface area contributed by atoms with Crippen molar-refractivity contribution >= 4 is 11.7 Å². The van der Waals surface area contributed by atoms with Gasteiger partial charge in [0.2, 0.25) is 0 Å². The van der Waals surface area contributed by atoms with Gasteiger partial charge in [-0.2, -0.15) is 0 Å². The number of rotatable bonds is 2. The van der Waals surface area contributed by atoms with Gasteiger partial charge in [-0.15, -0.1) is 0 Å². The molecule has 4 nitrogen and oxygen atoms in total. The molecule has 1 aromatic carbocycles. The van der Waals surface area contributed by atoms with Gasteiger partial charge in [0.15, 0.2) is 5.75 Å². The molecule has 1 aliphatic carbocycles. The first-order chi connectivity index (χ1) is 8.84. The normalized spacial score (nSPS) is 18.7. The number of benzene rings is 1. The van der Waals surface area contributed by atoms with Crippen LogP contribution in [0.1, 0.15) is 36.0 Å². The maximum atomic E-state index is 12.1. The van der Waals surface area contributed by atoms with Gasteiger partial charge in [-0.1, -0.05) is 6.07 Å². The van der Waals surface area contributed by atoms with Gasteiger partial charge < -0.3 is 14.8 Å². The van der Waals surface area contributed by atoms with Crippen LogP contribution >= 0.6 is 0 Å². The molecular weight excluding hydrogens is 230 g/mol. The monoisotopic (exact) mass is 247 g/mol. The standard InChI is InChI=1S/C14H17NO3/c16-14(18-10-4-1-2-5-10)11-6-3-7-12-13(11)17-9-8-15-12/h3,6-7,10,15H,1-2,4-5,8-9H2. The van der Waals surface area contributed by atoms with Crippen LogP contribution in [0.4, 0.5) is 5.69 Å². The van der Waals surface area contributed by atoms with Gasteiger partial charge in [0, 0.05) is 6.54 Å². The molecule has 1 N–H and O–H groups in total. The lowest BCUT2D eigenvalue weighted by molar-refractivity contribution is 0.0313. The van der Waals surface area contributed by atoms with Crippen LogP contribution in [0.5, 0.6) is 5.75 Å². The number of ether oxygens (including phenoxy) is 2. The highest BCUT2D eigenvalue weighted by molar-refractivity contribution is 5.95. The molecule has 1 saturated carbocycles. The lowest BCUT2D eigenvalue weighted by atomic mass is 10.1. The van der Waals surface area contributed by atoms with Crippen LogP contribution in [0.15, 0.2) is 18.2 Å². The van der Waals surface area contributed by atoms with Gasteiger partial charge >= 0.3 is 5.97 Å². The molecule has 0 amide bonds. The number of nitrogens with one attached hydrogen (secondary N) is 1. The molecule has 0 bridgehead atoms. The topological polar surface area (TPSA) is 47.6 Å². The summed E-state index contributed by atoms with van der Waals surface area (Å²) < 4.78 is 11.1. The number of hydrogen-bond acceptors (Lipinski definition) is 4. The van der Waals surface area contributed by atoms with E-state index in [0.29, 0.717) is 17.9 Å². The summed E-state index contributed by atoms with van der Waals surface area (Å²) in [6.07, 6.45) is 4.37. The first kappa shape index (κ1) is 11.4. The smallest absolute Gasteiger partial charge is 0.342 e. The Morgan fingerprint density at radius 2 is 2.17 bits per heavy atom. The van der Waals surface area contributed by atoms with Crippen molar-refractivity contribution in [3.8, 4) is 5.75 Å². The summed E-state index contributed by atoms with van der Waals surface area (Å²) >= 11 is 0. The fourth-order valence-electron chi connectivity index (χ4n) is 2.55. The molecule has 1 fully saturated rings. The zero-order valence-electron chi connectivity index (χ0n) is 10.3. The lowest BCUT2D eigenvalue weighted by Gasteiger charge is -2.21. The summed E-state index contributed by atoms with van der Waals surface area (Å²) in [4.78, 5) is 12.1. The molecular formula is C14H17NO3. The van der Waals surface area contributed by atoms with Crippen molar-refractivity contribution in [3.05, 3.63) is 23.8 Å². The number of carbonyl (C=O) groups excluding carboxylic acids is 1. The number of hydrogen-bond donors (Lipinski definition) is 1. The van der Waals surface area contributed by atoms with Crippen molar-refractivity contribution < 1.29 is 14.3 Å². The quantitative estimate of drug-likeness (QED) is 0.816. The lowest BCUT2D eigenvalue weighted by Crippen LogP contribution is -2.21. The number of fused-ring (bicyclic) bond motifs is 1. The molecule has 0 spiro atoms. The van der Waals surface area contributed by atoms with E-state index in [4.69, 9.17) is 9.47 Å². The van der Waals surface area contributed by atoms with E-state index in [0.717, 1.165) is 37.9 Å². The highest BCUT2D eigenvalue weighted by Crippen LogP contribution is 2.32. The molecule has 2 aliphatic rings. The third-order valence-corrected chi connectivity index (χ3v) is 3.47. The minimum absolute atomic E-state index is 0.0879. The molecule has 0 radical (unpaired) electrons. The van der Waals surface area contributed by atoms with Crippen molar-refractivity contribution in [2.24, 2.45) is 0 Å². The van der Waals surface area contributed by atoms with E-state index in [1.165, 1.54) is 0 Å². The van der Waals surface area contributed by atoms with Crippen molar-refractivity contribution in [1.29, 1.82) is 0 Å². The van der Waals surface area contributed by atoms with Gasteiger partial charge in [0.1, 0.15) is 18.3 Å². The van der Waals surface area contributed by atoms with Crippen LogP contribution in [0, 0.1) is 0 Å². The Kier molecular flexibility index (Phi) is 3.09. The molecule has 1 aromatic rings. The Hall–Kier alpha value is -1.71. The van der Waals surface area contributed by atoms with Crippen LogP contribution in [0.2, 0.25) is 0 Å². The van der Waals surface area contributed by atoms with Crippen LogP contribution in [0.25, 0.3) is 0 Å². The van der Waals surface area contributed by atoms with Gasteiger partial charge in [-0.05, 0) is 37.8 Å². The molecule has 3 rings (SSSR count). The second-order valence-electron chi connectivity index (χ2n) is 4.77. The molecule has 0 saturated heterocycles. The molecule has 1 heterocycles. The molecule has 4 heteroatoms. The van der Waals surface area contributed by atoms with E-state index >= 15 is 0 Å². The van der Waals surface area contributed by atoms with E-state index in [1.54, 1.807) is 6.07 Å². The third kappa shape index (κ3) is 2.15. The van der Waals surface area contributed by atoms with Crippen molar-refractivity contribution in [2.45, 2.75) is 31.8 Å². The van der Waals surface area contributed by atoms with Crippen molar-refractivity contribution in [3.63, 3.8) is 0 Å². The van der Waals surface area contributed by atoms with E-state index in [1.807, 2.05) is 12.1 Å². The third-order valence-electron chi connectivity index (χ3n) is 3.47. The summed E-state index contributed by atoms with van der Waals surface area (Å²) in [5.41, 5.74) is 1.41. The highest BCUT2D eigenvalue weighted by atomic mass is 16.5. The first-order valence-electron chi connectivity index (χ1n) is 6.55.